The number of aliphatic imine (C=N–C) groups is 1. The highest BCUT2D eigenvalue weighted by Crippen LogP contribution is 2.30. The summed E-state index contributed by atoms with van der Waals surface area (Å²) in [6.07, 6.45) is 7.59. The zero-order valence-electron chi connectivity index (χ0n) is 19.0. The number of guanidine groups is 1. The molecule has 0 bridgehead atoms. The van der Waals surface area contributed by atoms with Crippen molar-refractivity contribution in [2.45, 2.75) is 44.6 Å². The summed E-state index contributed by atoms with van der Waals surface area (Å²) in [6, 6.07) is 6.52. The maximum absolute atomic E-state index is 5.42. The molecule has 0 saturated carbocycles. The van der Waals surface area contributed by atoms with Crippen molar-refractivity contribution < 1.29 is 9.47 Å². The summed E-state index contributed by atoms with van der Waals surface area (Å²) in [5.74, 6) is 2.59. The van der Waals surface area contributed by atoms with Crippen LogP contribution in [0.1, 0.15) is 38.5 Å². The van der Waals surface area contributed by atoms with Gasteiger partial charge >= 0.3 is 0 Å². The first kappa shape index (κ1) is 22.5. The molecule has 2 saturated heterocycles. The number of ether oxygens (including phenoxy) is 2. The van der Waals surface area contributed by atoms with Gasteiger partial charge < -0.3 is 29.9 Å². The predicted molar refractivity (Wildman–Crippen MR) is 124 cm³/mol. The van der Waals surface area contributed by atoms with Crippen LogP contribution < -0.4 is 25.0 Å². The SMILES string of the molecule is CN=C(NCCN1CCCCCC1)NC1CCN(c2cc(OC)cc(OC)c2)CC1. The maximum Gasteiger partial charge on any atom is 0.191 e. The molecule has 7 nitrogen and oxygen atoms in total. The fourth-order valence-electron chi connectivity index (χ4n) is 4.34. The standard InChI is InChI=1S/C23H39N5O2/c1-24-23(25-10-15-27-11-6-4-5-7-12-27)26-19-8-13-28(14-9-19)20-16-21(29-2)18-22(17-20)30-3/h16-19H,4-15H2,1-3H3,(H2,24,25,26). The number of methoxy groups -OCH3 is 2. The highest BCUT2D eigenvalue weighted by Gasteiger charge is 2.21. The molecule has 2 aliphatic rings. The lowest BCUT2D eigenvalue weighted by molar-refractivity contribution is 0.289. The molecule has 2 N–H and O–H groups in total. The minimum atomic E-state index is 0.443. The molecule has 0 aromatic heterocycles. The molecule has 0 radical (unpaired) electrons. The monoisotopic (exact) mass is 417 g/mol. The van der Waals surface area contributed by atoms with E-state index in [1.807, 2.05) is 13.1 Å². The first-order chi connectivity index (χ1) is 14.7. The fourth-order valence-corrected chi connectivity index (χ4v) is 4.34. The number of hydrogen-bond acceptors (Lipinski definition) is 5. The molecule has 30 heavy (non-hydrogen) atoms. The Kier molecular flexibility index (Phi) is 8.93. The smallest absolute Gasteiger partial charge is 0.191 e. The lowest BCUT2D eigenvalue weighted by atomic mass is 10.0. The highest BCUT2D eigenvalue weighted by atomic mass is 16.5. The van der Waals surface area contributed by atoms with E-state index in [2.05, 4.69) is 37.6 Å². The van der Waals surface area contributed by atoms with E-state index in [4.69, 9.17) is 9.47 Å². The summed E-state index contributed by atoms with van der Waals surface area (Å²) in [7, 11) is 5.25. The molecule has 0 aliphatic carbocycles. The molecular weight excluding hydrogens is 378 g/mol. The van der Waals surface area contributed by atoms with Crippen LogP contribution in [0.15, 0.2) is 23.2 Å². The highest BCUT2D eigenvalue weighted by molar-refractivity contribution is 5.80. The van der Waals surface area contributed by atoms with Crippen LogP contribution in [0.2, 0.25) is 0 Å². The van der Waals surface area contributed by atoms with Crippen molar-refractivity contribution in [3.05, 3.63) is 18.2 Å². The molecule has 2 aliphatic heterocycles. The van der Waals surface area contributed by atoms with Gasteiger partial charge in [0.1, 0.15) is 11.5 Å². The van der Waals surface area contributed by atoms with Crippen molar-refractivity contribution in [2.75, 3.05) is 65.4 Å². The Balaban J connectivity index is 1.43. The number of piperidine rings is 1. The van der Waals surface area contributed by atoms with E-state index in [0.29, 0.717) is 6.04 Å². The number of anilines is 1. The minimum absolute atomic E-state index is 0.443. The van der Waals surface area contributed by atoms with Gasteiger partial charge in [-0.2, -0.15) is 0 Å². The van der Waals surface area contributed by atoms with Gasteiger partial charge in [-0.15, -0.1) is 0 Å². The van der Waals surface area contributed by atoms with Crippen molar-refractivity contribution in [3.63, 3.8) is 0 Å². The van der Waals surface area contributed by atoms with Crippen LogP contribution in [-0.2, 0) is 0 Å². The second kappa shape index (κ2) is 11.9. The summed E-state index contributed by atoms with van der Waals surface area (Å²) in [5.41, 5.74) is 1.16. The van der Waals surface area contributed by atoms with Crippen LogP contribution >= 0.6 is 0 Å². The van der Waals surface area contributed by atoms with Crippen LogP contribution in [0.5, 0.6) is 11.5 Å². The van der Waals surface area contributed by atoms with Crippen LogP contribution in [0, 0.1) is 0 Å². The third-order valence-corrected chi connectivity index (χ3v) is 6.18. The Morgan fingerprint density at radius 1 is 0.967 bits per heavy atom. The molecule has 1 aromatic rings. The molecule has 2 heterocycles. The number of hydrogen-bond donors (Lipinski definition) is 2. The van der Waals surface area contributed by atoms with E-state index in [0.717, 1.165) is 62.2 Å². The van der Waals surface area contributed by atoms with Crippen LogP contribution in [0.3, 0.4) is 0 Å². The largest absolute Gasteiger partial charge is 0.497 e. The average molecular weight is 418 g/mol. The van der Waals surface area contributed by atoms with Crippen molar-refractivity contribution in [2.24, 2.45) is 4.99 Å². The van der Waals surface area contributed by atoms with E-state index >= 15 is 0 Å². The van der Waals surface area contributed by atoms with Gasteiger partial charge in [0.15, 0.2) is 5.96 Å². The van der Waals surface area contributed by atoms with E-state index in [-0.39, 0.29) is 0 Å². The van der Waals surface area contributed by atoms with Gasteiger partial charge in [0.2, 0.25) is 0 Å². The molecule has 7 heteroatoms. The summed E-state index contributed by atoms with van der Waals surface area (Å²) in [5, 5.41) is 7.13. The molecule has 0 atom stereocenters. The number of benzene rings is 1. The molecular formula is C23H39N5O2. The van der Waals surface area contributed by atoms with Gasteiger partial charge in [-0.1, -0.05) is 12.8 Å². The molecule has 3 rings (SSSR count). The minimum Gasteiger partial charge on any atom is -0.497 e. The van der Waals surface area contributed by atoms with Crippen molar-refractivity contribution in [3.8, 4) is 11.5 Å². The predicted octanol–water partition coefficient (Wildman–Crippen LogP) is 2.71. The average Bonchev–Trinajstić information content (AvgIpc) is 3.07. The van der Waals surface area contributed by atoms with Crippen molar-refractivity contribution in [1.29, 1.82) is 0 Å². The van der Waals surface area contributed by atoms with Gasteiger partial charge in [-0.3, -0.25) is 4.99 Å². The summed E-state index contributed by atoms with van der Waals surface area (Å²) >= 11 is 0. The van der Waals surface area contributed by atoms with Gasteiger partial charge in [0.05, 0.1) is 14.2 Å². The Morgan fingerprint density at radius 3 is 2.17 bits per heavy atom. The second-order valence-electron chi connectivity index (χ2n) is 8.23. The Labute approximate surface area is 181 Å². The number of rotatable bonds is 7. The first-order valence-corrected chi connectivity index (χ1v) is 11.4. The molecule has 0 amide bonds. The first-order valence-electron chi connectivity index (χ1n) is 11.4. The summed E-state index contributed by atoms with van der Waals surface area (Å²) in [4.78, 5) is 9.41. The lowest BCUT2D eigenvalue weighted by Crippen LogP contribution is -2.49. The van der Waals surface area contributed by atoms with Crippen LogP contribution in [0.25, 0.3) is 0 Å². The normalized spacial score (nSPS) is 19.3. The topological polar surface area (TPSA) is 61.4 Å². The summed E-state index contributed by atoms with van der Waals surface area (Å²) in [6.45, 7) is 6.51. The van der Waals surface area contributed by atoms with Gasteiger partial charge in [0, 0.05) is 63.2 Å². The van der Waals surface area contributed by atoms with E-state index < -0.39 is 0 Å². The van der Waals surface area contributed by atoms with Gasteiger partial charge in [0.25, 0.3) is 0 Å². The van der Waals surface area contributed by atoms with E-state index in [1.54, 1.807) is 14.2 Å². The van der Waals surface area contributed by atoms with E-state index in [9.17, 15) is 0 Å². The quantitative estimate of drug-likeness (QED) is 0.525. The second-order valence-corrected chi connectivity index (χ2v) is 8.23. The molecule has 1 aromatic carbocycles. The summed E-state index contributed by atoms with van der Waals surface area (Å²) < 4.78 is 10.8. The van der Waals surface area contributed by atoms with E-state index in [1.165, 1.54) is 38.8 Å². The lowest BCUT2D eigenvalue weighted by Gasteiger charge is -2.35. The Morgan fingerprint density at radius 2 is 1.60 bits per heavy atom. The van der Waals surface area contributed by atoms with Crippen molar-refractivity contribution >= 4 is 11.6 Å². The maximum atomic E-state index is 5.42. The molecule has 0 unspecified atom stereocenters. The zero-order valence-corrected chi connectivity index (χ0v) is 19.0. The third kappa shape index (κ3) is 6.69. The van der Waals surface area contributed by atoms with Crippen LogP contribution in [0.4, 0.5) is 5.69 Å². The molecule has 168 valence electrons. The van der Waals surface area contributed by atoms with Gasteiger partial charge in [-0.05, 0) is 38.8 Å². The third-order valence-electron chi connectivity index (χ3n) is 6.18. The number of nitrogens with one attached hydrogen (secondary N) is 2. The zero-order chi connectivity index (χ0) is 21.2. The molecule has 2 fully saturated rings. The van der Waals surface area contributed by atoms with Gasteiger partial charge in [-0.25, -0.2) is 0 Å². The Bertz CT molecular complexity index is 643. The molecule has 0 spiro atoms. The van der Waals surface area contributed by atoms with Crippen LogP contribution in [-0.4, -0.2) is 77.4 Å². The number of nitrogens with zero attached hydrogens (tertiary/aromatic N) is 3. The fraction of sp³-hybridized carbons (Fsp3) is 0.696. The Hall–Kier alpha value is -2.15. The van der Waals surface area contributed by atoms with Crippen molar-refractivity contribution in [1.82, 2.24) is 15.5 Å². The number of likely N-dealkylation sites (tertiary alicyclic amines) is 1.